The van der Waals surface area contributed by atoms with E-state index in [9.17, 15) is 0 Å². The third kappa shape index (κ3) is 6.70. The van der Waals surface area contributed by atoms with Gasteiger partial charge < -0.3 is 9.47 Å². The molecule has 3 heteroatoms. The van der Waals surface area contributed by atoms with Crippen molar-refractivity contribution in [3.63, 3.8) is 0 Å². The Kier molecular flexibility index (Phi) is 7.69. The molecule has 0 aliphatic heterocycles. The van der Waals surface area contributed by atoms with Gasteiger partial charge in [-0.15, -0.1) is 0 Å². The molecule has 0 heterocycles. The van der Waals surface area contributed by atoms with Crippen LogP contribution in [0, 0.1) is 0 Å². The van der Waals surface area contributed by atoms with Crippen molar-refractivity contribution in [3.05, 3.63) is 96.1 Å². The van der Waals surface area contributed by atoms with Crippen molar-refractivity contribution in [1.82, 2.24) is 0 Å². The third-order valence-corrected chi connectivity index (χ3v) is 7.13. The molecule has 3 aromatic rings. The number of rotatable bonds is 10. The van der Waals surface area contributed by atoms with Crippen LogP contribution in [0.2, 0.25) is 12.1 Å². The SMILES string of the molecule is CC[Si](CCc1ccccc1)COCc1cccc(Oc2ccccc2)c1. The van der Waals surface area contributed by atoms with Crippen molar-refractivity contribution < 1.29 is 9.47 Å². The van der Waals surface area contributed by atoms with Gasteiger partial charge in [0.1, 0.15) is 11.5 Å². The first-order valence-electron chi connectivity index (χ1n) is 9.60. The molecule has 0 unspecified atom stereocenters. The average Bonchev–Trinajstić information content (AvgIpc) is 2.72. The summed E-state index contributed by atoms with van der Waals surface area (Å²) >= 11 is 0. The number of ether oxygens (including phenoxy) is 2. The summed E-state index contributed by atoms with van der Waals surface area (Å²) in [5, 5.41) is 0. The Morgan fingerprint density at radius 1 is 0.741 bits per heavy atom. The second-order valence-electron chi connectivity index (χ2n) is 6.64. The zero-order valence-electron chi connectivity index (χ0n) is 15.9. The molecule has 0 saturated heterocycles. The van der Waals surface area contributed by atoms with Crippen LogP contribution in [-0.4, -0.2) is 15.0 Å². The highest BCUT2D eigenvalue weighted by atomic mass is 28.3. The fraction of sp³-hybridized carbons (Fsp3) is 0.250. The molecule has 0 aromatic heterocycles. The van der Waals surface area contributed by atoms with E-state index in [1.54, 1.807) is 0 Å². The molecule has 2 nitrogen and oxygen atoms in total. The van der Waals surface area contributed by atoms with Crippen molar-refractivity contribution in [2.24, 2.45) is 0 Å². The summed E-state index contributed by atoms with van der Waals surface area (Å²) in [7, 11) is -0.463. The van der Waals surface area contributed by atoms with Crippen LogP contribution in [0.3, 0.4) is 0 Å². The zero-order chi connectivity index (χ0) is 18.7. The van der Waals surface area contributed by atoms with E-state index in [1.165, 1.54) is 17.7 Å². The molecular formula is C24H27O2Si. The van der Waals surface area contributed by atoms with Gasteiger partial charge in [0.25, 0.3) is 0 Å². The van der Waals surface area contributed by atoms with E-state index in [4.69, 9.17) is 9.47 Å². The van der Waals surface area contributed by atoms with Gasteiger partial charge >= 0.3 is 0 Å². The van der Waals surface area contributed by atoms with Gasteiger partial charge in [0.05, 0.1) is 15.4 Å². The maximum atomic E-state index is 6.06. The molecule has 0 atom stereocenters. The predicted molar refractivity (Wildman–Crippen MR) is 114 cm³/mol. The van der Waals surface area contributed by atoms with Crippen molar-refractivity contribution in [2.45, 2.75) is 32.0 Å². The van der Waals surface area contributed by atoms with Gasteiger partial charge in [0.15, 0.2) is 0 Å². The van der Waals surface area contributed by atoms with Crippen molar-refractivity contribution in [2.75, 3.05) is 6.23 Å². The highest BCUT2D eigenvalue weighted by molar-refractivity contribution is 6.58. The van der Waals surface area contributed by atoms with Crippen LogP contribution in [0.25, 0.3) is 0 Å². The maximum Gasteiger partial charge on any atom is 0.127 e. The second kappa shape index (κ2) is 10.7. The average molecular weight is 376 g/mol. The number of para-hydroxylation sites is 1. The van der Waals surface area contributed by atoms with Crippen LogP contribution >= 0.6 is 0 Å². The smallest absolute Gasteiger partial charge is 0.127 e. The minimum Gasteiger partial charge on any atom is -0.457 e. The summed E-state index contributed by atoms with van der Waals surface area (Å²) in [6.45, 7) is 2.93. The standard InChI is InChI=1S/C24H27O2Si/c1-2-27(17-16-21-10-5-3-6-11-21)20-25-19-22-12-9-15-24(18-22)26-23-13-7-4-8-14-23/h3-15,18H,2,16-17,19-20H2,1H3. The lowest BCUT2D eigenvalue weighted by atomic mass is 10.2. The van der Waals surface area contributed by atoms with Gasteiger partial charge in [-0.3, -0.25) is 0 Å². The van der Waals surface area contributed by atoms with Crippen LogP contribution in [-0.2, 0) is 17.8 Å². The molecule has 0 saturated carbocycles. The van der Waals surface area contributed by atoms with E-state index in [-0.39, 0.29) is 0 Å². The summed E-state index contributed by atoms with van der Waals surface area (Å²) in [6.07, 6.45) is 2.06. The fourth-order valence-corrected chi connectivity index (χ4v) is 4.69. The molecule has 0 fully saturated rings. The molecule has 1 radical (unpaired) electrons. The van der Waals surface area contributed by atoms with E-state index < -0.39 is 8.80 Å². The van der Waals surface area contributed by atoms with Crippen LogP contribution in [0.4, 0.5) is 0 Å². The molecule has 0 bridgehead atoms. The van der Waals surface area contributed by atoms with E-state index in [0.29, 0.717) is 6.61 Å². The highest BCUT2D eigenvalue weighted by Gasteiger charge is 2.10. The first-order valence-corrected chi connectivity index (χ1v) is 11.7. The number of aryl methyl sites for hydroxylation is 1. The summed E-state index contributed by atoms with van der Waals surface area (Å²) in [5.41, 5.74) is 2.59. The first-order chi connectivity index (χ1) is 13.3. The number of hydrogen-bond donors (Lipinski definition) is 0. The lowest BCUT2D eigenvalue weighted by Gasteiger charge is -2.14. The topological polar surface area (TPSA) is 18.5 Å². The van der Waals surface area contributed by atoms with E-state index in [0.717, 1.165) is 29.7 Å². The molecule has 139 valence electrons. The summed E-state index contributed by atoms with van der Waals surface area (Å²) in [4.78, 5) is 0. The summed E-state index contributed by atoms with van der Waals surface area (Å²) in [6, 6.07) is 31.3. The molecule has 0 amide bonds. The molecule has 0 aliphatic carbocycles. The van der Waals surface area contributed by atoms with Crippen LogP contribution in [0.1, 0.15) is 18.1 Å². The minimum atomic E-state index is -0.463. The largest absolute Gasteiger partial charge is 0.457 e. The lowest BCUT2D eigenvalue weighted by molar-refractivity contribution is 0.160. The Morgan fingerprint density at radius 2 is 1.41 bits per heavy atom. The van der Waals surface area contributed by atoms with Crippen LogP contribution in [0.15, 0.2) is 84.9 Å². The number of hydrogen-bond acceptors (Lipinski definition) is 2. The first kappa shape index (κ1) is 19.4. The Morgan fingerprint density at radius 3 is 2.15 bits per heavy atom. The van der Waals surface area contributed by atoms with E-state index in [1.807, 2.05) is 42.5 Å². The van der Waals surface area contributed by atoms with Gasteiger partial charge in [0, 0.05) is 6.23 Å². The normalized spacial score (nSPS) is 10.9. The molecule has 3 rings (SSSR count). The van der Waals surface area contributed by atoms with Gasteiger partial charge in [-0.2, -0.15) is 0 Å². The third-order valence-electron chi connectivity index (χ3n) is 4.56. The van der Waals surface area contributed by atoms with Crippen molar-refractivity contribution in [1.29, 1.82) is 0 Å². The summed E-state index contributed by atoms with van der Waals surface area (Å²) in [5.74, 6) is 1.71. The zero-order valence-corrected chi connectivity index (χ0v) is 16.9. The number of benzene rings is 3. The Hall–Kier alpha value is -2.36. The maximum absolute atomic E-state index is 6.06. The quantitative estimate of drug-likeness (QED) is 0.388. The Balaban J connectivity index is 1.45. The second-order valence-corrected chi connectivity index (χ2v) is 9.64. The monoisotopic (exact) mass is 375 g/mol. The van der Waals surface area contributed by atoms with E-state index in [2.05, 4.69) is 49.4 Å². The van der Waals surface area contributed by atoms with Gasteiger partial charge in [-0.05, 0) is 41.8 Å². The van der Waals surface area contributed by atoms with Gasteiger partial charge in [-0.1, -0.05) is 79.7 Å². The lowest BCUT2D eigenvalue weighted by Crippen LogP contribution is -2.20. The van der Waals surface area contributed by atoms with Crippen molar-refractivity contribution >= 4 is 8.80 Å². The molecular weight excluding hydrogens is 348 g/mol. The fourth-order valence-electron chi connectivity index (χ4n) is 2.95. The highest BCUT2D eigenvalue weighted by Crippen LogP contribution is 2.22. The predicted octanol–water partition coefficient (Wildman–Crippen LogP) is 6.29. The van der Waals surface area contributed by atoms with E-state index >= 15 is 0 Å². The Labute approximate surface area is 164 Å². The Bertz CT molecular complexity index is 790. The van der Waals surface area contributed by atoms with Crippen LogP contribution < -0.4 is 4.74 Å². The molecule has 0 aliphatic rings. The summed E-state index contributed by atoms with van der Waals surface area (Å²) < 4.78 is 12.0. The van der Waals surface area contributed by atoms with Gasteiger partial charge in [0.2, 0.25) is 0 Å². The van der Waals surface area contributed by atoms with Crippen LogP contribution in [0.5, 0.6) is 11.5 Å². The van der Waals surface area contributed by atoms with Crippen molar-refractivity contribution in [3.8, 4) is 11.5 Å². The molecule has 27 heavy (non-hydrogen) atoms. The minimum absolute atomic E-state index is 0.463. The molecule has 3 aromatic carbocycles. The molecule has 0 spiro atoms. The molecule has 0 N–H and O–H groups in total. The van der Waals surface area contributed by atoms with Gasteiger partial charge in [-0.25, -0.2) is 0 Å².